The van der Waals surface area contributed by atoms with Gasteiger partial charge in [0, 0.05) is 4.47 Å². The topological polar surface area (TPSA) is 64.6 Å². The van der Waals surface area contributed by atoms with Crippen LogP contribution < -0.4 is 10.1 Å². The predicted molar refractivity (Wildman–Crippen MR) is 109 cm³/mol. The van der Waals surface area contributed by atoms with E-state index in [1.165, 1.54) is 7.11 Å². The Hall–Kier alpha value is -2.34. The third-order valence-corrected chi connectivity index (χ3v) is 4.46. The second-order valence-corrected chi connectivity index (χ2v) is 8.18. The molecule has 0 radical (unpaired) electrons. The maximum Gasteiger partial charge on any atom is 0.340 e. The van der Waals surface area contributed by atoms with Crippen molar-refractivity contribution in [3.63, 3.8) is 0 Å². The zero-order valence-corrected chi connectivity index (χ0v) is 17.8. The second kappa shape index (κ2) is 8.57. The molecule has 0 heterocycles. The molecule has 0 aromatic heterocycles. The molecule has 2 aromatic rings. The molecule has 0 atom stereocenters. The Morgan fingerprint density at radius 1 is 1.11 bits per heavy atom. The minimum atomic E-state index is -0.527. The Labute approximate surface area is 168 Å². The Morgan fingerprint density at radius 3 is 2.44 bits per heavy atom. The molecule has 6 heteroatoms. The monoisotopic (exact) mass is 433 g/mol. The number of methoxy groups -OCH3 is 1. The highest BCUT2D eigenvalue weighted by Gasteiger charge is 2.20. The average molecular weight is 434 g/mol. The number of hydrogen-bond acceptors (Lipinski definition) is 4. The molecule has 5 nitrogen and oxygen atoms in total. The quantitative estimate of drug-likeness (QED) is 0.683. The molecule has 2 aromatic carbocycles. The standard InChI is InChI=1S/C21H24BrNO4/c1-13-6-9-18(16(10-13)21(2,3)4)27-12-19(24)23-17-8-7-14(22)11-15(17)20(25)26-5/h6-11H,12H2,1-5H3,(H,23,24). The van der Waals surface area contributed by atoms with E-state index < -0.39 is 5.97 Å². The van der Waals surface area contributed by atoms with Gasteiger partial charge in [0.1, 0.15) is 5.75 Å². The predicted octanol–water partition coefficient (Wildman–Crippen LogP) is 4.86. The molecule has 1 N–H and O–H groups in total. The molecule has 0 fully saturated rings. The largest absolute Gasteiger partial charge is 0.483 e. The first-order valence-electron chi connectivity index (χ1n) is 8.53. The maximum absolute atomic E-state index is 12.4. The number of anilines is 1. The van der Waals surface area contributed by atoms with Crippen LogP contribution in [0.2, 0.25) is 0 Å². The minimum absolute atomic E-state index is 0.110. The number of carbonyl (C=O) groups excluding carboxylic acids is 2. The lowest BCUT2D eigenvalue weighted by atomic mass is 9.85. The number of hydrogen-bond donors (Lipinski definition) is 1. The van der Waals surface area contributed by atoms with Gasteiger partial charge in [-0.25, -0.2) is 4.79 Å². The third-order valence-electron chi connectivity index (χ3n) is 3.96. The molecule has 0 saturated carbocycles. The fraction of sp³-hybridized carbons (Fsp3) is 0.333. The summed E-state index contributed by atoms with van der Waals surface area (Å²) in [5.41, 5.74) is 2.70. The van der Waals surface area contributed by atoms with E-state index in [9.17, 15) is 9.59 Å². The van der Waals surface area contributed by atoms with E-state index >= 15 is 0 Å². The SMILES string of the molecule is COC(=O)c1cc(Br)ccc1NC(=O)COc1ccc(C)cc1C(C)(C)C. The normalized spacial score (nSPS) is 11.0. The van der Waals surface area contributed by atoms with E-state index in [1.54, 1.807) is 18.2 Å². The van der Waals surface area contributed by atoms with Crippen molar-refractivity contribution < 1.29 is 19.1 Å². The van der Waals surface area contributed by atoms with Crippen LogP contribution in [0.1, 0.15) is 42.3 Å². The van der Waals surface area contributed by atoms with Crippen molar-refractivity contribution in [3.05, 3.63) is 57.6 Å². The molecule has 0 bridgehead atoms. The molecule has 1 amide bonds. The van der Waals surface area contributed by atoms with Gasteiger partial charge in [-0.1, -0.05) is 54.4 Å². The molecule has 0 aliphatic carbocycles. The van der Waals surface area contributed by atoms with Crippen LogP contribution >= 0.6 is 15.9 Å². The first kappa shape index (κ1) is 21.0. The van der Waals surface area contributed by atoms with Gasteiger partial charge in [0.25, 0.3) is 5.91 Å². The second-order valence-electron chi connectivity index (χ2n) is 7.27. The van der Waals surface area contributed by atoms with E-state index in [4.69, 9.17) is 9.47 Å². The van der Waals surface area contributed by atoms with E-state index in [0.717, 1.165) is 11.1 Å². The van der Waals surface area contributed by atoms with Crippen LogP contribution in [0.3, 0.4) is 0 Å². The van der Waals surface area contributed by atoms with Crippen molar-refractivity contribution in [2.45, 2.75) is 33.1 Å². The highest BCUT2D eigenvalue weighted by atomic mass is 79.9. The number of ether oxygens (including phenoxy) is 2. The molecule has 0 aliphatic heterocycles. The molecule has 144 valence electrons. The molecular formula is C21H24BrNO4. The van der Waals surface area contributed by atoms with Crippen LogP contribution in [0, 0.1) is 6.92 Å². The Morgan fingerprint density at radius 2 is 1.81 bits per heavy atom. The third kappa shape index (κ3) is 5.57. The Kier molecular flexibility index (Phi) is 6.65. The number of nitrogens with one attached hydrogen (secondary N) is 1. The van der Waals surface area contributed by atoms with Crippen molar-refractivity contribution in [1.29, 1.82) is 0 Å². The summed E-state index contributed by atoms with van der Waals surface area (Å²) in [5.74, 6) is -0.212. The zero-order chi connectivity index (χ0) is 20.2. The van der Waals surface area contributed by atoms with E-state index in [-0.39, 0.29) is 23.5 Å². The summed E-state index contributed by atoms with van der Waals surface area (Å²) >= 11 is 3.31. The van der Waals surface area contributed by atoms with Gasteiger partial charge >= 0.3 is 5.97 Å². The summed E-state index contributed by atoms with van der Waals surface area (Å²) in [4.78, 5) is 24.3. The first-order valence-corrected chi connectivity index (χ1v) is 9.33. The number of amides is 1. The van der Waals surface area contributed by atoms with Gasteiger partial charge in [-0.3, -0.25) is 4.79 Å². The molecule has 0 unspecified atom stereocenters. The lowest BCUT2D eigenvalue weighted by Gasteiger charge is -2.23. The van der Waals surface area contributed by atoms with Gasteiger partial charge in [0.05, 0.1) is 18.4 Å². The molecule has 2 rings (SSSR count). The molecule has 0 aliphatic rings. The van der Waals surface area contributed by atoms with Gasteiger partial charge in [-0.2, -0.15) is 0 Å². The number of benzene rings is 2. The van der Waals surface area contributed by atoms with E-state index in [1.807, 2.05) is 19.1 Å². The average Bonchev–Trinajstić information content (AvgIpc) is 2.60. The van der Waals surface area contributed by atoms with Crippen molar-refractivity contribution in [1.82, 2.24) is 0 Å². The van der Waals surface area contributed by atoms with Gasteiger partial charge in [-0.15, -0.1) is 0 Å². The van der Waals surface area contributed by atoms with Crippen molar-refractivity contribution in [3.8, 4) is 5.75 Å². The number of carbonyl (C=O) groups is 2. The summed E-state index contributed by atoms with van der Waals surface area (Å²) in [6, 6.07) is 10.9. The molecule has 0 saturated heterocycles. The lowest BCUT2D eigenvalue weighted by molar-refractivity contribution is -0.118. The Bertz CT molecular complexity index is 856. The van der Waals surface area contributed by atoms with Crippen LogP contribution in [0.4, 0.5) is 5.69 Å². The fourth-order valence-electron chi connectivity index (χ4n) is 2.59. The highest BCUT2D eigenvalue weighted by Crippen LogP contribution is 2.32. The van der Waals surface area contributed by atoms with E-state index in [0.29, 0.717) is 15.9 Å². The van der Waals surface area contributed by atoms with Crippen LogP contribution in [0.25, 0.3) is 0 Å². The van der Waals surface area contributed by atoms with Crippen molar-refractivity contribution in [2.24, 2.45) is 0 Å². The van der Waals surface area contributed by atoms with Crippen LogP contribution in [0.15, 0.2) is 40.9 Å². The maximum atomic E-state index is 12.4. The Balaban J connectivity index is 2.14. The number of esters is 1. The smallest absolute Gasteiger partial charge is 0.340 e. The van der Waals surface area contributed by atoms with Crippen LogP contribution in [-0.4, -0.2) is 25.6 Å². The molecular weight excluding hydrogens is 410 g/mol. The molecule has 27 heavy (non-hydrogen) atoms. The number of rotatable bonds is 5. The summed E-state index contributed by atoms with van der Waals surface area (Å²) in [5, 5.41) is 2.71. The minimum Gasteiger partial charge on any atom is -0.483 e. The first-order chi connectivity index (χ1) is 12.6. The lowest BCUT2D eigenvalue weighted by Crippen LogP contribution is -2.23. The zero-order valence-electron chi connectivity index (χ0n) is 16.2. The summed E-state index contributed by atoms with van der Waals surface area (Å²) in [6.45, 7) is 8.15. The van der Waals surface area contributed by atoms with Crippen LogP contribution in [-0.2, 0) is 14.9 Å². The summed E-state index contributed by atoms with van der Waals surface area (Å²) in [6.07, 6.45) is 0. The number of aryl methyl sites for hydroxylation is 1. The van der Waals surface area contributed by atoms with Gasteiger partial charge < -0.3 is 14.8 Å². The van der Waals surface area contributed by atoms with Gasteiger partial charge in [0.15, 0.2) is 6.61 Å². The summed E-state index contributed by atoms with van der Waals surface area (Å²) in [7, 11) is 1.30. The number of halogens is 1. The van der Waals surface area contributed by atoms with Gasteiger partial charge in [-0.05, 0) is 42.2 Å². The van der Waals surface area contributed by atoms with Crippen LogP contribution in [0.5, 0.6) is 5.75 Å². The fourth-order valence-corrected chi connectivity index (χ4v) is 2.95. The summed E-state index contributed by atoms with van der Waals surface area (Å²) < 4.78 is 11.2. The van der Waals surface area contributed by atoms with Crippen molar-refractivity contribution >= 4 is 33.5 Å². The van der Waals surface area contributed by atoms with E-state index in [2.05, 4.69) is 48.1 Å². The highest BCUT2D eigenvalue weighted by molar-refractivity contribution is 9.10. The molecule has 0 spiro atoms. The van der Waals surface area contributed by atoms with Gasteiger partial charge in [0.2, 0.25) is 0 Å². The van der Waals surface area contributed by atoms with Crippen molar-refractivity contribution in [2.75, 3.05) is 19.0 Å².